The molecule has 0 aliphatic heterocycles. The molecule has 0 nitrogen and oxygen atoms in total. The van der Waals surface area contributed by atoms with Crippen molar-refractivity contribution in [1.82, 2.24) is 0 Å². The van der Waals surface area contributed by atoms with E-state index in [0.717, 1.165) is 12.8 Å². The van der Waals surface area contributed by atoms with Crippen LogP contribution in [-0.4, -0.2) is 0 Å². The molecule has 0 heterocycles. The van der Waals surface area contributed by atoms with Crippen LogP contribution in [0.15, 0.2) is 55.6 Å². The molecular weight excluding hydrogens is 156 g/mol. The van der Waals surface area contributed by atoms with Gasteiger partial charge in [0.1, 0.15) is 0 Å². The van der Waals surface area contributed by atoms with Crippen molar-refractivity contribution >= 4 is 0 Å². The maximum Gasteiger partial charge on any atom is 0.00182 e. The molecule has 0 bridgehead atoms. The smallest absolute Gasteiger partial charge is 0.00182 e. The van der Waals surface area contributed by atoms with Gasteiger partial charge in [0.2, 0.25) is 0 Å². The van der Waals surface area contributed by atoms with Crippen LogP contribution in [0, 0.1) is 0 Å². The minimum absolute atomic E-state index is 0.471. The van der Waals surface area contributed by atoms with Crippen molar-refractivity contribution in [2.24, 2.45) is 0 Å². The van der Waals surface area contributed by atoms with E-state index in [-0.39, 0.29) is 0 Å². The van der Waals surface area contributed by atoms with Crippen molar-refractivity contribution in [3.05, 3.63) is 61.2 Å². The van der Waals surface area contributed by atoms with E-state index in [9.17, 15) is 0 Å². The topological polar surface area (TPSA) is 0 Å². The van der Waals surface area contributed by atoms with Crippen LogP contribution in [0.25, 0.3) is 0 Å². The Bertz CT molecular complexity index is 259. The van der Waals surface area contributed by atoms with Gasteiger partial charge in [-0.3, -0.25) is 0 Å². The van der Waals surface area contributed by atoms with Crippen LogP contribution in [0.1, 0.15) is 24.3 Å². The molecule has 1 atom stereocenters. The minimum Gasteiger partial charge on any atom is -0.103 e. The molecule has 1 aromatic carbocycles. The molecule has 0 saturated heterocycles. The lowest BCUT2D eigenvalue weighted by Crippen LogP contribution is -1.93. The van der Waals surface area contributed by atoms with E-state index in [0.29, 0.717) is 5.92 Å². The zero-order valence-electron chi connectivity index (χ0n) is 7.95. The van der Waals surface area contributed by atoms with Gasteiger partial charge >= 0.3 is 0 Å². The summed E-state index contributed by atoms with van der Waals surface area (Å²) in [5, 5.41) is 0. The predicted molar refractivity (Wildman–Crippen MR) is 58.8 cm³/mol. The second kappa shape index (κ2) is 5.36. The number of allylic oxidation sites excluding steroid dienone is 2. The molecule has 0 radical (unpaired) electrons. The summed E-state index contributed by atoms with van der Waals surface area (Å²) in [7, 11) is 0. The Balaban J connectivity index is 2.66. The van der Waals surface area contributed by atoms with Gasteiger partial charge < -0.3 is 0 Å². The summed E-state index contributed by atoms with van der Waals surface area (Å²) in [5.74, 6) is 0.471. The Labute approximate surface area is 80.6 Å². The highest BCUT2D eigenvalue weighted by Crippen LogP contribution is 2.21. The quantitative estimate of drug-likeness (QED) is 0.590. The number of rotatable bonds is 5. The van der Waals surface area contributed by atoms with Gasteiger partial charge in [-0.2, -0.15) is 0 Å². The second-order valence-corrected chi connectivity index (χ2v) is 3.12. The third-order valence-electron chi connectivity index (χ3n) is 2.19. The van der Waals surface area contributed by atoms with Gasteiger partial charge in [0.25, 0.3) is 0 Å². The number of hydrogen-bond donors (Lipinski definition) is 0. The summed E-state index contributed by atoms with van der Waals surface area (Å²) in [6.07, 6.45) is 6.13. The normalized spacial score (nSPS) is 12.0. The largest absolute Gasteiger partial charge is 0.103 e. The summed E-state index contributed by atoms with van der Waals surface area (Å²) in [6.45, 7) is 7.58. The third kappa shape index (κ3) is 2.90. The summed E-state index contributed by atoms with van der Waals surface area (Å²) in [5.41, 5.74) is 1.35. The molecule has 68 valence electrons. The fourth-order valence-corrected chi connectivity index (χ4v) is 1.42. The molecule has 1 aromatic rings. The fraction of sp³-hybridized carbons (Fsp3) is 0.231. The number of hydrogen-bond acceptors (Lipinski definition) is 0. The lowest BCUT2D eigenvalue weighted by atomic mass is 9.94. The lowest BCUT2D eigenvalue weighted by Gasteiger charge is -2.10. The van der Waals surface area contributed by atoms with Gasteiger partial charge in [-0.25, -0.2) is 0 Å². The fourth-order valence-electron chi connectivity index (χ4n) is 1.42. The van der Waals surface area contributed by atoms with Crippen molar-refractivity contribution in [3.8, 4) is 0 Å². The zero-order chi connectivity index (χ0) is 9.52. The van der Waals surface area contributed by atoms with Crippen LogP contribution >= 0.6 is 0 Å². The van der Waals surface area contributed by atoms with Crippen molar-refractivity contribution in [2.45, 2.75) is 18.8 Å². The first kappa shape index (κ1) is 9.79. The Morgan fingerprint density at radius 1 is 1.15 bits per heavy atom. The summed E-state index contributed by atoms with van der Waals surface area (Å²) in [4.78, 5) is 0. The molecule has 0 fully saturated rings. The molecular formula is C13H16. The van der Waals surface area contributed by atoms with Crippen LogP contribution in [-0.2, 0) is 0 Å². The summed E-state index contributed by atoms with van der Waals surface area (Å²) in [6, 6.07) is 10.5. The lowest BCUT2D eigenvalue weighted by molar-refractivity contribution is 0.753. The van der Waals surface area contributed by atoms with Crippen molar-refractivity contribution in [2.75, 3.05) is 0 Å². The predicted octanol–water partition coefficient (Wildman–Crippen LogP) is 3.92. The Hall–Kier alpha value is -1.30. The van der Waals surface area contributed by atoms with Crippen LogP contribution in [0.3, 0.4) is 0 Å². The SMILES string of the molecule is C=CCCC(C=C)c1ccccc1. The Morgan fingerprint density at radius 3 is 2.38 bits per heavy atom. The molecule has 1 unspecified atom stereocenters. The van der Waals surface area contributed by atoms with E-state index in [1.165, 1.54) is 5.56 Å². The molecule has 0 saturated carbocycles. The second-order valence-electron chi connectivity index (χ2n) is 3.12. The molecule has 0 aliphatic rings. The van der Waals surface area contributed by atoms with Crippen molar-refractivity contribution in [3.63, 3.8) is 0 Å². The molecule has 0 amide bonds. The van der Waals surface area contributed by atoms with Crippen molar-refractivity contribution in [1.29, 1.82) is 0 Å². The molecule has 13 heavy (non-hydrogen) atoms. The van der Waals surface area contributed by atoms with E-state index in [1.807, 2.05) is 18.2 Å². The highest BCUT2D eigenvalue weighted by atomic mass is 14.1. The monoisotopic (exact) mass is 172 g/mol. The maximum atomic E-state index is 3.86. The average Bonchev–Trinajstić information content (AvgIpc) is 2.21. The first-order chi connectivity index (χ1) is 6.38. The number of benzene rings is 1. The van der Waals surface area contributed by atoms with Gasteiger partial charge in [0.15, 0.2) is 0 Å². The molecule has 0 N–H and O–H groups in total. The van der Waals surface area contributed by atoms with E-state index < -0.39 is 0 Å². The van der Waals surface area contributed by atoms with Crippen LogP contribution in [0.5, 0.6) is 0 Å². The highest BCUT2D eigenvalue weighted by molar-refractivity contribution is 5.22. The van der Waals surface area contributed by atoms with E-state index >= 15 is 0 Å². The Morgan fingerprint density at radius 2 is 1.85 bits per heavy atom. The molecule has 0 aromatic heterocycles. The minimum atomic E-state index is 0.471. The van der Waals surface area contributed by atoms with E-state index in [4.69, 9.17) is 0 Å². The van der Waals surface area contributed by atoms with Gasteiger partial charge in [0, 0.05) is 5.92 Å². The summed E-state index contributed by atoms with van der Waals surface area (Å²) >= 11 is 0. The summed E-state index contributed by atoms with van der Waals surface area (Å²) < 4.78 is 0. The van der Waals surface area contributed by atoms with Crippen LogP contribution in [0.4, 0.5) is 0 Å². The molecule has 0 spiro atoms. The molecule has 1 rings (SSSR count). The van der Waals surface area contributed by atoms with Gasteiger partial charge in [-0.1, -0.05) is 42.5 Å². The first-order valence-corrected chi connectivity index (χ1v) is 4.67. The average molecular weight is 172 g/mol. The first-order valence-electron chi connectivity index (χ1n) is 4.67. The van der Waals surface area contributed by atoms with Gasteiger partial charge in [0.05, 0.1) is 0 Å². The van der Waals surface area contributed by atoms with Crippen molar-refractivity contribution < 1.29 is 0 Å². The van der Waals surface area contributed by atoms with Crippen LogP contribution in [0.2, 0.25) is 0 Å². The third-order valence-corrected chi connectivity index (χ3v) is 2.19. The van der Waals surface area contributed by atoms with Gasteiger partial charge in [-0.15, -0.1) is 13.2 Å². The van der Waals surface area contributed by atoms with E-state index in [1.54, 1.807) is 0 Å². The standard InChI is InChI=1S/C13H16/c1-3-5-9-12(4-2)13-10-7-6-8-11-13/h3-4,6-8,10-12H,1-2,5,9H2. The Kier molecular flexibility index (Phi) is 4.04. The highest BCUT2D eigenvalue weighted by Gasteiger charge is 2.04. The zero-order valence-corrected chi connectivity index (χ0v) is 7.95. The molecule has 0 aliphatic carbocycles. The van der Waals surface area contributed by atoms with E-state index in [2.05, 4.69) is 37.4 Å². The van der Waals surface area contributed by atoms with Crippen LogP contribution < -0.4 is 0 Å². The maximum absolute atomic E-state index is 3.86. The molecule has 0 heteroatoms. The van der Waals surface area contributed by atoms with Gasteiger partial charge in [-0.05, 0) is 18.4 Å².